The number of hydrogen-bond acceptors (Lipinski definition) is 2. The number of halogens is 2. The summed E-state index contributed by atoms with van der Waals surface area (Å²) in [4.78, 5) is 0. The first-order chi connectivity index (χ1) is 9.29. The lowest BCUT2D eigenvalue weighted by atomic mass is 9.99. The zero-order valence-corrected chi connectivity index (χ0v) is 13.9. The fourth-order valence-corrected chi connectivity index (χ4v) is 2.54. The SMILES string of the molecule is Cc1cccc(Cl)c1Oc1ccc(C(C)(C)O)cc1Br. The maximum Gasteiger partial charge on any atom is 0.148 e. The number of benzene rings is 2. The molecular weight excluding hydrogens is 340 g/mol. The number of para-hydroxylation sites is 1. The van der Waals surface area contributed by atoms with Crippen LogP contribution in [0.15, 0.2) is 40.9 Å². The lowest BCUT2D eigenvalue weighted by Crippen LogP contribution is -2.15. The van der Waals surface area contributed by atoms with Gasteiger partial charge in [-0.05, 0) is 66.0 Å². The molecule has 0 bridgehead atoms. The molecule has 0 radical (unpaired) electrons. The molecule has 0 saturated carbocycles. The van der Waals surface area contributed by atoms with E-state index in [2.05, 4.69) is 15.9 Å². The van der Waals surface area contributed by atoms with Crippen LogP contribution in [0.25, 0.3) is 0 Å². The Morgan fingerprint density at radius 2 is 1.90 bits per heavy atom. The minimum atomic E-state index is -0.888. The maximum atomic E-state index is 10.00. The molecule has 0 amide bonds. The molecule has 2 aromatic rings. The third-order valence-corrected chi connectivity index (χ3v) is 3.93. The summed E-state index contributed by atoms with van der Waals surface area (Å²) >= 11 is 9.62. The summed E-state index contributed by atoms with van der Waals surface area (Å²) < 4.78 is 6.65. The van der Waals surface area contributed by atoms with E-state index in [1.165, 1.54) is 0 Å². The number of rotatable bonds is 3. The molecule has 106 valence electrons. The van der Waals surface area contributed by atoms with Crippen LogP contribution in [0.4, 0.5) is 0 Å². The van der Waals surface area contributed by atoms with E-state index in [-0.39, 0.29) is 0 Å². The average molecular weight is 356 g/mol. The predicted molar refractivity (Wildman–Crippen MR) is 85.6 cm³/mol. The molecular formula is C16H16BrClO2. The van der Waals surface area contributed by atoms with Gasteiger partial charge in [-0.1, -0.05) is 29.8 Å². The minimum absolute atomic E-state index is 0.573. The lowest BCUT2D eigenvalue weighted by Gasteiger charge is -2.19. The standard InChI is InChI=1S/C16H16BrClO2/c1-10-5-4-6-13(18)15(10)20-14-8-7-11(9-12(14)17)16(2,3)19/h4-9,19H,1-3H3. The third-order valence-electron chi connectivity index (χ3n) is 3.01. The van der Waals surface area contributed by atoms with Crippen LogP contribution in [-0.4, -0.2) is 5.11 Å². The Morgan fingerprint density at radius 3 is 2.45 bits per heavy atom. The molecule has 0 aliphatic rings. The van der Waals surface area contributed by atoms with Gasteiger partial charge in [0.05, 0.1) is 15.1 Å². The Morgan fingerprint density at radius 1 is 1.20 bits per heavy atom. The second-order valence-electron chi connectivity index (χ2n) is 5.19. The molecule has 0 aliphatic carbocycles. The number of ether oxygens (including phenoxy) is 1. The molecule has 4 heteroatoms. The van der Waals surface area contributed by atoms with E-state index in [0.717, 1.165) is 15.6 Å². The smallest absolute Gasteiger partial charge is 0.148 e. The van der Waals surface area contributed by atoms with Crippen molar-refractivity contribution in [3.63, 3.8) is 0 Å². The lowest BCUT2D eigenvalue weighted by molar-refractivity contribution is 0.0785. The van der Waals surface area contributed by atoms with Crippen LogP contribution in [0, 0.1) is 6.92 Å². The van der Waals surface area contributed by atoms with Crippen molar-refractivity contribution in [1.82, 2.24) is 0 Å². The molecule has 2 nitrogen and oxygen atoms in total. The van der Waals surface area contributed by atoms with Crippen LogP contribution in [0.3, 0.4) is 0 Å². The highest BCUT2D eigenvalue weighted by Crippen LogP contribution is 2.37. The minimum Gasteiger partial charge on any atom is -0.454 e. The number of hydrogen-bond donors (Lipinski definition) is 1. The summed E-state index contributed by atoms with van der Waals surface area (Å²) in [5.74, 6) is 1.31. The summed E-state index contributed by atoms with van der Waals surface area (Å²) in [7, 11) is 0. The van der Waals surface area contributed by atoms with Gasteiger partial charge in [0.1, 0.15) is 11.5 Å². The monoisotopic (exact) mass is 354 g/mol. The van der Waals surface area contributed by atoms with E-state index in [1.807, 2.05) is 37.3 Å². The summed E-state index contributed by atoms with van der Waals surface area (Å²) in [5, 5.41) is 10.6. The van der Waals surface area contributed by atoms with Crippen LogP contribution in [0.5, 0.6) is 11.5 Å². The highest BCUT2D eigenvalue weighted by atomic mass is 79.9. The van der Waals surface area contributed by atoms with Crippen LogP contribution >= 0.6 is 27.5 Å². The van der Waals surface area contributed by atoms with Crippen LogP contribution in [-0.2, 0) is 5.60 Å². The molecule has 0 atom stereocenters. The van der Waals surface area contributed by atoms with E-state index < -0.39 is 5.60 Å². The first-order valence-corrected chi connectivity index (χ1v) is 7.41. The fourth-order valence-electron chi connectivity index (χ4n) is 1.82. The van der Waals surface area contributed by atoms with Crippen LogP contribution in [0.1, 0.15) is 25.0 Å². The van der Waals surface area contributed by atoms with E-state index in [9.17, 15) is 5.11 Å². The van der Waals surface area contributed by atoms with Gasteiger partial charge >= 0.3 is 0 Å². The highest BCUT2D eigenvalue weighted by molar-refractivity contribution is 9.10. The van der Waals surface area contributed by atoms with E-state index in [4.69, 9.17) is 16.3 Å². The van der Waals surface area contributed by atoms with Crippen molar-refractivity contribution in [3.05, 3.63) is 57.0 Å². The number of aryl methyl sites for hydroxylation is 1. The molecule has 0 heterocycles. The van der Waals surface area contributed by atoms with Gasteiger partial charge in [-0.15, -0.1) is 0 Å². The molecule has 0 fully saturated rings. The van der Waals surface area contributed by atoms with Gasteiger partial charge in [-0.3, -0.25) is 0 Å². The number of aliphatic hydroxyl groups is 1. The third kappa shape index (κ3) is 3.35. The Labute approximate surface area is 132 Å². The summed E-state index contributed by atoms with van der Waals surface area (Å²) in [6.07, 6.45) is 0. The molecule has 0 spiro atoms. The van der Waals surface area contributed by atoms with Gasteiger partial charge in [-0.25, -0.2) is 0 Å². The van der Waals surface area contributed by atoms with Crippen molar-refractivity contribution in [3.8, 4) is 11.5 Å². The van der Waals surface area contributed by atoms with Crippen molar-refractivity contribution in [1.29, 1.82) is 0 Å². The first-order valence-electron chi connectivity index (χ1n) is 6.24. The predicted octanol–water partition coefficient (Wildman–Crippen LogP) is 5.43. The molecule has 0 unspecified atom stereocenters. The summed E-state index contributed by atoms with van der Waals surface area (Å²) in [5.41, 5.74) is 0.894. The summed E-state index contributed by atoms with van der Waals surface area (Å²) in [6, 6.07) is 11.1. The van der Waals surface area contributed by atoms with Gasteiger partial charge in [0, 0.05) is 0 Å². The Bertz CT molecular complexity index is 613. The van der Waals surface area contributed by atoms with Crippen LogP contribution in [0.2, 0.25) is 5.02 Å². The summed E-state index contributed by atoms with van der Waals surface area (Å²) in [6.45, 7) is 5.43. The average Bonchev–Trinajstić information content (AvgIpc) is 2.34. The largest absolute Gasteiger partial charge is 0.454 e. The molecule has 2 aromatic carbocycles. The van der Waals surface area contributed by atoms with Crippen molar-refractivity contribution >= 4 is 27.5 Å². The van der Waals surface area contributed by atoms with Gasteiger partial charge in [0.15, 0.2) is 0 Å². The fraction of sp³-hybridized carbons (Fsp3) is 0.250. The van der Waals surface area contributed by atoms with Gasteiger partial charge < -0.3 is 9.84 Å². The first kappa shape index (κ1) is 15.4. The quantitative estimate of drug-likeness (QED) is 0.795. The molecule has 0 aromatic heterocycles. The molecule has 1 N–H and O–H groups in total. The maximum absolute atomic E-state index is 10.00. The zero-order valence-electron chi connectivity index (χ0n) is 11.6. The normalized spacial score (nSPS) is 11.5. The van der Waals surface area contributed by atoms with Gasteiger partial charge in [0.25, 0.3) is 0 Å². The van der Waals surface area contributed by atoms with Crippen LogP contribution < -0.4 is 4.74 Å². The van der Waals surface area contributed by atoms with E-state index >= 15 is 0 Å². The topological polar surface area (TPSA) is 29.5 Å². The second kappa shape index (κ2) is 5.76. The zero-order chi connectivity index (χ0) is 14.9. The highest BCUT2D eigenvalue weighted by Gasteiger charge is 2.18. The molecule has 20 heavy (non-hydrogen) atoms. The second-order valence-corrected chi connectivity index (χ2v) is 6.45. The molecule has 2 rings (SSSR count). The van der Waals surface area contributed by atoms with Crippen molar-refractivity contribution < 1.29 is 9.84 Å². The van der Waals surface area contributed by atoms with E-state index in [1.54, 1.807) is 19.9 Å². The Kier molecular flexibility index (Phi) is 4.43. The van der Waals surface area contributed by atoms with Crippen molar-refractivity contribution in [2.24, 2.45) is 0 Å². The Balaban J connectivity index is 2.36. The Hall–Kier alpha value is -1.03. The van der Waals surface area contributed by atoms with Gasteiger partial charge in [-0.2, -0.15) is 0 Å². The van der Waals surface area contributed by atoms with Gasteiger partial charge in [0.2, 0.25) is 0 Å². The van der Waals surface area contributed by atoms with Crippen molar-refractivity contribution in [2.45, 2.75) is 26.4 Å². The van der Waals surface area contributed by atoms with E-state index in [0.29, 0.717) is 16.5 Å². The van der Waals surface area contributed by atoms with Crippen molar-refractivity contribution in [2.75, 3.05) is 0 Å². The molecule has 0 saturated heterocycles. The molecule has 0 aliphatic heterocycles.